The van der Waals surface area contributed by atoms with E-state index in [4.69, 9.17) is 18.9 Å². The summed E-state index contributed by atoms with van der Waals surface area (Å²) in [6.45, 7) is 2.68. The zero-order chi connectivity index (χ0) is 58.1. The zero-order valence-electron chi connectivity index (χ0n) is 50.1. The highest BCUT2D eigenvalue weighted by molar-refractivity contribution is 5.76. The molecule has 1 amide bonds. The molecule has 0 aromatic heterocycles. The largest absolute Gasteiger partial charge is 0.394 e. The van der Waals surface area contributed by atoms with Gasteiger partial charge in [-0.25, -0.2) is 0 Å². The number of allylic oxidation sites excluding steroid dienone is 11. The van der Waals surface area contributed by atoms with E-state index in [-0.39, 0.29) is 18.9 Å². The highest BCUT2D eigenvalue weighted by atomic mass is 16.7. The summed E-state index contributed by atoms with van der Waals surface area (Å²) in [5, 5.41) is 86.9. The van der Waals surface area contributed by atoms with E-state index in [9.17, 15) is 45.6 Å². The van der Waals surface area contributed by atoms with Crippen molar-refractivity contribution < 1.29 is 64.6 Å². The van der Waals surface area contributed by atoms with Crippen LogP contribution in [0.4, 0.5) is 0 Å². The third-order valence-electron chi connectivity index (χ3n) is 15.3. The molecular formula is C66H117NO13. The van der Waals surface area contributed by atoms with Crippen molar-refractivity contribution in [2.75, 3.05) is 19.8 Å². The Morgan fingerprint density at radius 3 is 1.35 bits per heavy atom. The summed E-state index contributed by atoms with van der Waals surface area (Å²) in [4.78, 5) is 13.2. The third kappa shape index (κ3) is 35.5. The Kier molecular flexibility index (Phi) is 46.8. The predicted molar refractivity (Wildman–Crippen MR) is 323 cm³/mol. The van der Waals surface area contributed by atoms with Gasteiger partial charge < -0.3 is 65.1 Å². The smallest absolute Gasteiger partial charge is 0.220 e. The van der Waals surface area contributed by atoms with Gasteiger partial charge in [-0.3, -0.25) is 4.79 Å². The molecule has 0 spiro atoms. The summed E-state index contributed by atoms with van der Waals surface area (Å²) in [7, 11) is 0. The molecule has 2 aliphatic heterocycles. The lowest BCUT2D eigenvalue weighted by atomic mass is 9.97. The lowest BCUT2D eigenvalue weighted by Gasteiger charge is -2.46. The highest BCUT2D eigenvalue weighted by Gasteiger charge is 2.51. The second-order valence-corrected chi connectivity index (χ2v) is 22.5. The molecule has 0 aromatic rings. The predicted octanol–water partition coefficient (Wildman–Crippen LogP) is 11.9. The van der Waals surface area contributed by atoms with Gasteiger partial charge in [-0.2, -0.15) is 0 Å². The Morgan fingerprint density at radius 1 is 0.450 bits per heavy atom. The average molecular weight is 1130 g/mol. The van der Waals surface area contributed by atoms with Crippen LogP contribution in [0.2, 0.25) is 0 Å². The number of ether oxygens (including phenoxy) is 4. The second kappa shape index (κ2) is 50.9. The van der Waals surface area contributed by atoms with Crippen LogP contribution in [0.15, 0.2) is 72.9 Å². The minimum atomic E-state index is -1.79. The molecule has 0 aromatic carbocycles. The molecule has 2 aliphatic rings. The van der Waals surface area contributed by atoms with E-state index in [1.54, 1.807) is 6.08 Å². The first-order valence-electron chi connectivity index (χ1n) is 32.2. The van der Waals surface area contributed by atoms with Crippen LogP contribution < -0.4 is 5.32 Å². The van der Waals surface area contributed by atoms with E-state index in [0.29, 0.717) is 12.8 Å². The number of hydrogen-bond donors (Lipinski definition) is 9. The van der Waals surface area contributed by atoms with Gasteiger partial charge in [0.1, 0.15) is 48.8 Å². The van der Waals surface area contributed by atoms with Crippen molar-refractivity contribution >= 4 is 5.91 Å². The zero-order valence-corrected chi connectivity index (χ0v) is 50.1. The molecule has 2 heterocycles. The fourth-order valence-electron chi connectivity index (χ4n) is 10.2. The Labute approximate surface area is 485 Å². The van der Waals surface area contributed by atoms with Gasteiger partial charge >= 0.3 is 0 Å². The van der Waals surface area contributed by atoms with Gasteiger partial charge in [-0.05, 0) is 77.0 Å². The highest BCUT2D eigenvalue weighted by Crippen LogP contribution is 2.30. The first kappa shape index (κ1) is 73.5. The number of aliphatic hydroxyl groups is 8. The lowest BCUT2D eigenvalue weighted by Crippen LogP contribution is -2.65. The van der Waals surface area contributed by atoms with Gasteiger partial charge in [0.15, 0.2) is 12.6 Å². The second-order valence-electron chi connectivity index (χ2n) is 22.5. The first-order chi connectivity index (χ1) is 39.1. The van der Waals surface area contributed by atoms with Crippen molar-refractivity contribution in [1.82, 2.24) is 5.32 Å². The van der Waals surface area contributed by atoms with Gasteiger partial charge in [-0.1, -0.05) is 234 Å². The molecule has 0 saturated carbocycles. The van der Waals surface area contributed by atoms with Crippen molar-refractivity contribution in [3.8, 4) is 0 Å². The summed E-state index contributed by atoms with van der Waals surface area (Å²) < 4.78 is 22.7. The normalized spacial score (nSPS) is 24.7. The van der Waals surface area contributed by atoms with Crippen LogP contribution >= 0.6 is 0 Å². The van der Waals surface area contributed by atoms with E-state index in [2.05, 4.69) is 79.9 Å². The molecule has 14 heteroatoms. The fourth-order valence-corrected chi connectivity index (χ4v) is 10.2. The topological polar surface area (TPSA) is 228 Å². The minimum Gasteiger partial charge on any atom is -0.394 e. The summed E-state index contributed by atoms with van der Waals surface area (Å²) in [5.41, 5.74) is 0. The standard InChI is InChI=1S/C66H117NO13/c1-3-5-7-9-11-13-15-16-17-18-19-20-21-22-23-24-25-26-27-28-29-30-31-32-33-34-35-36-37-38-40-42-44-46-48-50-58(71)67-54(55(70)49-47-45-43-41-39-14-12-10-8-6-4-2)53-77-65-63(76)61(74)64(57(52-69)79-65)80-66-62(75)60(73)59(72)56(51-68)78-66/h8,10,15-16,18-19,21-22,39,41,47,49,54-57,59-66,68-70,72-76H,3-7,9,11-14,17,20,23-38,40,42-46,48,50-53H2,1-2H3,(H,67,71)/b10-8+,16-15-,19-18-,22-21-,41-39+,49-47+. The lowest BCUT2D eigenvalue weighted by molar-refractivity contribution is -0.359. The average Bonchev–Trinajstić information content (AvgIpc) is 3.46. The molecule has 2 rings (SSSR count). The summed E-state index contributed by atoms with van der Waals surface area (Å²) in [6, 6.07) is -0.938. The van der Waals surface area contributed by atoms with Crippen LogP contribution in [-0.2, 0) is 23.7 Å². The number of amides is 1. The maximum atomic E-state index is 13.2. The van der Waals surface area contributed by atoms with Crippen molar-refractivity contribution in [1.29, 1.82) is 0 Å². The fraction of sp³-hybridized carbons (Fsp3) is 0.803. The van der Waals surface area contributed by atoms with Gasteiger partial charge in [0.05, 0.1) is 32.0 Å². The SMILES string of the molecule is CCC/C=C/CC/C=C/CC/C=C/C(O)C(COC1OC(CO)C(OC2OC(CO)C(O)C(O)C2O)C(O)C1O)NC(=O)CCCCCCCCCCCCCCCCCCCCCC/C=C\C/C=C\C/C=C\CCCCCCC. The number of unbranched alkanes of at least 4 members (excludes halogenated alkanes) is 28. The maximum absolute atomic E-state index is 13.2. The molecule has 12 atom stereocenters. The van der Waals surface area contributed by atoms with Crippen molar-refractivity contribution in [3.05, 3.63) is 72.9 Å². The monoisotopic (exact) mass is 1130 g/mol. The quantitative estimate of drug-likeness (QED) is 0.0204. The third-order valence-corrected chi connectivity index (χ3v) is 15.3. The number of hydrogen-bond acceptors (Lipinski definition) is 13. The van der Waals surface area contributed by atoms with E-state index < -0.39 is 86.8 Å². The molecule has 2 saturated heterocycles. The summed E-state index contributed by atoms with van der Waals surface area (Å²) >= 11 is 0. The van der Waals surface area contributed by atoms with Crippen molar-refractivity contribution in [2.45, 2.75) is 319 Å². The maximum Gasteiger partial charge on any atom is 0.220 e. The molecule has 9 N–H and O–H groups in total. The summed E-state index contributed by atoms with van der Waals surface area (Å²) in [6.07, 6.45) is 51.3. The molecule has 14 nitrogen and oxygen atoms in total. The number of rotatable bonds is 51. The Hall–Kier alpha value is -2.57. The number of carbonyl (C=O) groups excluding carboxylic acids is 1. The van der Waals surface area contributed by atoms with Crippen molar-refractivity contribution in [3.63, 3.8) is 0 Å². The molecule has 80 heavy (non-hydrogen) atoms. The van der Waals surface area contributed by atoms with Gasteiger partial charge in [-0.15, -0.1) is 0 Å². The van der Waals surface area contributed by atoms with E-state index in [1.165, 1.54) is 148 Å². The molecule has 12 unspecified atom stereocenters. The number of nitrogens with one attached hydrogen (secondary N) is 1. The van der Waals surface area contributed by atoms with E-state index in [0.717, 1.165) is 64.2 Å². The van der Waals surface area contributed by atoms with Gasteiger partial charge in [0, 0.05) is 6.42 Å². The van der Waals surface area contributed by atoms with Crippen LogP contribution in [0.5, 0.6) is 0 Å². The van der Waals surface area contributed by atoms with Crippen LogP contribution in [0.3, 0.4) is 0 Å². The first-order valence-corrected chi connectivity index (χ1v) is 32.2. The molecular weight excluding hydrogens is 1010 g/mol. The van der Waals surface area contributed by atoms with Gasteiger partial charge in [0.25, 0.3) is 0 Å². The van der Waals surface area contributed by atoms with Crippen LogP contribution in [0.1, 0.15) is 245 Å². The number of aliphatic hydroxyl groups excluding tert-OH is 8. The number of carbonyl (C=O) groups is 1. The Bertz CT molecular complexity index is 1620. The Balaban J connectivity index is 1.59. The van der Waals surface area contributed by atoms with Crippen LogP contribution in [0, 0.1) is 0 Å². The van der Waals surface area contributed by atoms with Crippen LogP contribution in [-0.4, -0.2) is 140 Å². The van der Waals surface area contributed by atoms with E-state index in [1.807, 2.05) is 6.08 Å². The van der Waals surface area contributed by atoms with E-state index >= 15 is 0 Å². The van der Waals surface area contributed by atoms with Gasteiger partial charge in [0.2, 0.25) is 5.91 Å². The van der Waals surface area contributed by atoms with Crippen molar-refractivity contribution in [2.24, 2.45) is 0 Å². The molecule has 0 aliphatic carbocycles. The molecule has 0 radical (unpaired) electrons. The molecule has 0 bridgehead atoms. The molecule has 2 fully saturated rings. The van der Waals surface area contributed by atoms with Crippen LogP contribution in [0.25, 0.3) is 0 Å². The summed E-state index contributed by atoms with van der Waals surface area (Å²) in [5.74, 6) is -0.255. The Morgan fingerprint density at radius 2 is 0.863 bits per heavy atom. The minimum absolute atomic E-state index is 0.255. The molecule has 464 valence electrons.